The fourth-order valence-electron chi connectivity index (χ4n) is 2.62. The molecule has 0 saturated carbocycles. The summed E-state index contributed by atoms with van der Waals surface area (Å²) in [6.45, 7) is 2.93. The Bertz CT molecular complexity index is 484. The van der Waals surface area contributed by atoms with E-state index < -0.39 is 0 Å². The van der Waals surface area contributed by atoms with Crippen LogP contribution in [0.3, 0.4) is 0 Å². The SMILES string of the molecule is O=C(CC1COCCN1)Nc1ccc2c(c1)CCCO2. The second kappa shape index (κ2) is 6.24. The molecule has 1 atom stereocenters. The molecule has 1 saturated heterocycles. The van der Waals surface area contributed by atoms with Crippen molar-refractivity contribution in [2.75, 3.05) is 31.7 Å². The summed E-state index contributed by atoms with van der Waals surface area (Å²) in [6, 6.07) is 5.96. The summed E-state index contributed by atoms with van der Waals surface area (Å²) in [5.41, 5.74) is 2.02. The van der Waals surface area contributed by atoms with E-state index in [1.54, 1.807) is 0 Å². The molecule has 3 rings (SSSR count). The van der Waals surface area contributed by atoms with E-state index >= 15 is 0 Å². The van der Waals surface area contributed by atoms with Gasteiger partial charge in [0.15, 0.2) is 0 Å². The normalized spacial score (nSPS) is 21.7. The summed E-state index contributed by atoms with van der Waals surface area (Å²) in [6.07, 6.45) is 2.48. The summed E-state index contributed by atoms with van der Waals surface area (Å²) in [4.78, 5) is 12.0. The molecule has 5 heteroatoms. The molecule has 0 aliphatic carbocycles. The molecule has 1 aromatic carbocycles. The zero-order valence-corrected chi connectivity index (χ0v) is 11.5. The van der Waals surface area contributed by atoms with E-state index in [1.807, 2.05) is 18.2 Å². The Morgan fingerprint density at radius 1 is 1.40 bits per heavy atom. The number of benzene rings is 1. The Morgan fingerprint density at radius 2 is 2.35 bits per heavy atom. The number of anilines is 1. The topological polar surface area (TPSA) is 59.6 Å². The first-order valence-corrected chi connectivity index (χ1v) is 7.18. The van der Waals surface area contributed by atoms with Crippen LogP contribution in [0.2, 0.25) is 0 Å². The highest BCUT2D eigenvalue weighted by Gasteiger charge is 2.17. The minimum absolute atomic E-state index is 0.0182. The van der Waals surface area contributed by atoms with Gasteiger partial charge in [0.2, 0.25) is 5.91 Å². The van der Waals surface area contributed by atoms with Crippen LogP contribution in [0.1, 0.15) is 18.4 Å². The van der Waals surface area contributed by atoms with Crippen molar-refractivity contribution in [1.29, 1.82) is 0 Å². The van der Waals surface area contributed by atoms with Gasteiger partial charge in [0.1, 0.15) is 5.75 Å². The second-order valence-corrected chi connectivity index (χ2v) is 5.25. The van der Waals surface area contributed by atoms with Crippen molar-refractivity contribution in [3.63, 3.8) is 0 Å². The smallest absolute Gasteiger partial charge is 0.226 e. The summed E-state index contributed by atoms with van der Waals surface area (Å²) < 4.78 is 10.9. The Balaban J connectivity index is 1.58. The molecule has 0 bridgehead atoms. The van der Waals surface area contributed by atoms with Crippen LogP contribution in [0, 0.1) is 0 Å². The highest BCUT2D eigenvalue weighted by molar-refractivity contribution is 5.91. The van der Waals surface area contributed by atoms with Gasteiger partial charge in [0.25, 0.3) is 0 Å². The van der Waals surface area contributed by atoms with Gasteiger partial charge in [-0.3, -0.25) is 4.79 Å². The number of morpholine rings is 1. The molecule has 2 N–H and O–H groups in total. The van der Waals surface area contributed by atoms with Crippen molar-refractivity contribution in [2.24, 2.45) is 0 Å². The molecule has 1 unspecified atom stereocenters. The molecular weight excluding hydrogens is 256 g/mol. The average molecular weight is 276 g/mol. The molecule has 1 fully saturated rings. The van der Waals surface area contributed by atoms with Crippen LogP contribution in [0.4, 0.5) is 5.69 Å². The predicted molar refractivity (Wildman–Crippen MR) is 76.1 cm³/mol. The fourth-order valence-corrected chi connectivity index (χ4v) is 2.62. The van der Waals surface area contributed by atoms with Crippen molar-refractivity contribution < 1.29 is 14.3 Å². The summed E-state index contributed by atoms with van der Waals surface area (Å²) >= 11 is 0. The van der Waals surface area contributed by atoms with Gasteiger partial charge in [-0.1, -0.05) is 0 Å². The minimum atomic E-state index is 0.0182. The molecular formula is C15H20N2O3. The number of amides is 1. The Kier molecular flexibility index (Phi) is 4.18. The highest BCUT2D eigenvalue weighted by atomic mass is 16.5. The van der Waals surface area contributed by atoms with Crippen LogP contribution in [0.25, 0.3) is 0 Å². The summed E-state index contributed by atoms with van der Waals surface area (Å²) in [5.74, 6) is 0.960. The van der Waals surface area contributed by atoms with Crippen molar-refractivity contribution in [3.05, 3.63) is 23.8 Å². The van der Waals surface area contributed by atoms with Crippen LogP contribution >= 0.6 is 0 Å². The fraction of sp³-hybridized carbons (Fsp3) is 0.533. The molecule has 1 amide bonds. The van der Waals surface area contributed by atoms with Gasteiger partial charge in [-0.15, -0.1) is 0 Å². The summed E-state index contributed by atoms with van der Waals surface area (Å²) in [5, 5.41) is 6.23. The molecule has 108 valence electrons. The third-order valence-electron chi connectivity index (χ3n) is 3.62. The standard InChI is InChI=1S/C15H20N2O3/c18-15(9-13-10-19-7-5-16-13)17-12-3-4-14-11(8-12)2-1-6-20-14/h3-4,8,13,16H,1-2,5-7,9-10H2,(H,17,18). The first kappa shape index (κ1) is 13.4. The number of carbonyl (C=O) groups is 1. The number of hydrogen-bond acceptors (Lipinski definition) is 4. The van der Waals surface area contributed by atoms with E-state index in [0.717, 1.165) is 44.0 Å². The maximum absolute atomic E-state index is 12.0. The van der Waals surface area contributed by atoms with Crippen LogP contribution in [0.5, 0.6) is 5.75 Å². The lowest BCUT2D eigenvalue weighted by atomic mass is 10.1. The molecule has 2 heterocycles. The molecule has 2 aliphatic heterocycles. The van der Waals surface area contributed by atoms with E-state index in [9.17, 15) is 4.79 Å². The predicted octanol–water partition coefficient (Wildman–Crippen LogP) is 1.33. The second-order valence-electron chi connectivity index (χ2n) is 5.25. The van der Waals surface area contributed by atoms with Crippen LogP contribution < -0.4 is 15.4 Å². The summed E-state index contributed by atoms with van der Waals surface area (Å²) in [7, 11) is 0. The largest absolute Gasteiger partial charge is 0.493 e. The monoisotopic (exact) mass is 276 g/mol. The van der Waals surface area contributed by atoms with Gasteiger partial charge in [-0.2, -0.15) is 0 Å². The number of fused-ring (bicyclic) bond motifs is 1. The van der Waals surface area contributed by atoms with Gasteiger partial charge in [-0.05, 0) is 36.6 Å². The first-order valence-electron chi connectivity index (χ1n) is 7.18. The third-order valence-corrected chi connectivity index (χ3v) is 3.62. The molecule has 2 aliphatic rings. The van der Waals surface area contributed by atoms with Crippen molar-refractivity contribution in [2.45, 2.75) is 25.3 Å². The van der Waals surface area contributed by atoms with Gasteiger partial charge < -0.3 is 20.1 Å². The Hall–Kier alpha value is -1.59. The number of hydrogen-bond donors (Lipinski definition) is 2. The van der Waals surface area contributed by atoms with E-state index in [0.29, 0.717) is 13.0 Å². The van der Waals surface area contributed by atoms with E-state index in [2.05, 4.69) is 10.6 Å². The van der Waals surface area contributed by atoms with Crippen LogP contribution in [-0.2, 0) is 16.0 Å². The van der Waals surface area contributed by atoms with E-state index in [4.69, 9.17) is 9.47 Å². The number of aryl methyl sites for hydroxylation is 1. The van der Waals surface area contributed by atoms with E-state index in [1.165, 1.54) is 5.56 Å². The first-order chi connectivity index (χ1) is 9.81. The average Bonchev–Trinajstić information content (AvgIpc) is 2.48. The number of ether oxygens (including phenoxy) is 2. The van der Waals surface area contributed by atoms with Crippen molar-refractivity contribution in [3.8, 4) is 5.75 Å². The number of carbonyl (C=O) groups excluding carboxylic acids is 1. The maximum atomic E-state index is 12.0. The molecule has 20 heavy (non-hydrogen) atoms. The quantitative estimate of drug-likeness (QED) is 0.874. The zero-order valence-electron chi connectivity index (χ0n) is 11.5. The molecule has 0 aromatic heterocycles. The zero-order chi connectivity index (χ0) is 13.8. The Morgan fingerprint density at radius 3 is 3.20 bits per heavy atom. The number of rotatable bonds is 3. The van der Waals surface area contributed by atoms with Crippen LogP contribution in [0.15, 0.2) is 18.2 Å². The molecule has 0 spiro atoms. The van der Waals surface area contributed by atoms with Crippen molar-refractivity contribution >= 4 is 11.6 Å². The van der Waals surface area contributed by atoms with Gasteiger partial charge in [-0.25, -0.2) is 0 Å². The molecule has 1 aromatic rings. The third kappa shape index (κ3) is 3.29. The van der Waals surface area contributed by atoms with Gasteiger partial charge in [0, 0.05) is 24.7 Å². The lowest BCUT2D eigenvalue weighted by molar-refractivity contribution is -0.117. The van der Waals surface area contributed by atoms with Gasteiger partial charge >= 0.3 is 0 Å². The molecule has 5 nitrogen and oxygen atoms in total. The lowest BCUT2D eigenvalue weighted by Crippen LogP contribution is -2.43. The van der Waals surface area contributed by atoms with Crippen LogP contribution in [-0.4, -0.2) is 38.3 Å². The van der Waals surface area contributed by atoms with Crippen molar-refractivity contribution in [1.82, 2.24) is 5.32 Å². The number of nitrogens with one attached hydrogen (secondary N) is 2. The highest BCUT2D eigenvalue weighted by Crippen LogP contribution is 2.27. The van der Waals surface area contributed by atoms with E-state index in [-0.39, 0.29) is 11.9 Å². The Labute approximate surface area is 118 Å². The van der Waals surface area contributed by atoms with Gasteiger partial charge in [0.05, 0.1) is 19.8 Å². The lowest BCUT2D eigenvalue weighted by Gasteiger charge is -2.23. The maximum Gasteiger partial charge on any atom is 0.226 e. The molecule has 0 radical (unpaired) electrons. The minimum Gasteiger partial charge on any atom is -0.493 e.